The van der Waals surface area contributed by atoms with Crippen molar-refractivity contribution in [2.24, 2.45) is 4.99 Å². The molecule has 0 atom stereocenters. The van der Waals surface area contributed by atoms with Gasteiger partial charge in [-0.15, -0.1) is 0 Å². The van der Waals surface area contributed by atoms with Crippen molar-refractivity contribution in [2.75, 3.05) is 0 Å². The molecular formula is C20H24BrNO2Si. The molecule has 0 N–H and O–H groups in total. The van der Waals surface area contributed by atoms with Crippen LogP contribution in [0.25, 0.3) is 0 Å². The lowest BCUT2D eigenvalue weighted by Gasteiger charge is -2.18. The topological polar surface area (TPSA) is 30.8 Å². The van der Waals surface area contributed by atoms with Crippen molar-refractivity contribution in [1.29, 1.82) is 0 Å². The summed E-state index contributed by atoms with van der Waals surface area (Å²) >= 11 is 3.50. The van der Waals surface area contributed by atoms with E-state index in [0.717, 1.165) is 32.7 Å². The van der Waals surface area contributed by atoms with Gasteiger partial charge in [0.25, 0.3) is 0 Å². The van der Waals surface area contributed by atoms with Crippen LogP contribution in [0.2, 0.25) is 19.6 Å². The molecule has 0 bridgehead atoms. The first-order chi connectivity index (χ1) is 11.6. The smallest absolute Gasteiger partial charge is 0.244 e. The van der Waals surface area contributed by atoms with Crippen LogP contribution in [-0.4, -0.2) is 14.5 Å². The fourth-order valence-corrected chi connectivity index (χ4v) is 3.31. The summed E-state index contributed by atoms with van der Waals surface area (Å²) in [5.41, 5.74) is 3.10. The predicted molar refractivity (Wildman–Crippen MR) is 111 cm³/mol. The fourth-order valence-electron chi connectivity index (χ4n) is 2.17. The summed E-state index contributed by atoms with van der Waals surface area (Å²) in [4.78, 5) is 4.36. The third kappa shape index (κ3) is 6.18. The molecule has 0 unspecified atom stereocenters. The van der Waals surface area contributed by atoms with E-state index in [2.05, 4.69) is 59.3 Å². The SMILES string of the molecule is C=C(/N=C/c1cc(Br)ccc1Oc1cc(C)ccc1C)O[Si](C)(C)C. The molecule has 0 aromatic heterocycles. The van der Waals surface area contributed by atoms with E-state index in [0.29, 0.717) is 5.88 Å². The second kappa shape index (κ2) is 8.02. The zero-order valence-corrected chi connectivity index (χ0v) is 18.0. The van der Waals surface area contributed by atoms with Crippen molar-refractivity contribution in [2.45, 2.75) is 33.5 Å². The van der Waals surface area contributed by atoms with Gasteiger partial charge in [-0.05, 0) is 75.5 Å². The Balaban J connectivity index is 2.28. The summed E-state index contributed by atoms with van der Waals surface area (Å²) in [6.45, 7) is 14.3. The Morgan fingerprint density at radius 3 is 2.48 bits per heavy atom. The summed E-state index contributed by atoms with van der Waals surface area (Å²) < 4.78 is 12.9. The minimum atomic E-state index is -1.71. The molecule has 2 aromatic carbocycles. The zero-order chi connectivity index (χ0) is 18.6. The minimum absolute atomic E-state index is 0.428. The minimum Gasteiger partial charge on any atom is -0.532 e. The Kier molecular flexibility index (Phi) is 6.24. The predicted octanol–water partition coefficient (Wildman–Crippen LogP) is 6.60. The van der Waals surface area contributed by atoms with Crippen molar-refractivity contribution in [3.05, 3.63) is 70.0 Å². The maximum atomic E-state index is 6.14. The van der Waals surface area contributed by atoms with Gasteiger partial charge >= 0.3 is 0 Å². The Morgan fingerprint density at radius 2 is 1.80 bits per heavy atom. The van der Waals surface area contributed by atoms with Gasteiger partial charge < -0.3 is 9.16 Å². The number of aryl methyl sites for hydroxylation is 2. The van der Waals surface area contributed by atoms with Gasteiger partial charge in [0.2, 0.25) is 8.32 Å². The lowest BCUT2D eigenvalue weighted by Crippen LogP contribution is -2.24. The van der Waals surface area contributed by atoms with E-state index in [4.69, 9.17) is 9.16 Å². The Bertz CT molecular complexity index is 810. The molecule has 0 aliphatic carbocycles. The van der Waals surface area contributed by atoms with E-state index >= 15 is 0 Å². The molecule has 2 aromatic rings. The third-order valence-electron chi connectivity index (χ3n) is 3.31. The van der Waals surface area contributed by atoms with E-state index < -0.39 is 8.32 Å². The van der Waals surface area contributed by atoms with Gasteiger partial charge in [-0.25, -0.2) is 4.99 Å². The number of nitrogens with zero attached hydrogens (tertiary/aromatic N) is 1. The maximum absolute atomic E-state index is 6.14. The average molecular weight is 418 g/mol. The Hall–Kier alpha value is -1.85. The molecule has 3 nitrogen and oxygen atoms in total. The van der Waals surface area contributed by atoms with E-state index in [-0.39, 0.29) is 0 Å². The van der Waals surface area contributed by atoms with Crippen molar-refractivity contribution in [1.82, 2.24) is 0 Å². The number of rotatable bonds is 6. The van der Waals surface area contributed by atoms with Crippen LogP contribution < -0.4 is 4.74 Å². The van der Waals surface area contributed by atoms with Crippen LogP contribution in [0.1, 0.15) is 16.7 Å². The second-order valence-electron chi connectivity index (χ2n) is 6.92. The standard InChI is InChI=1S/C20H24BrNO2Si/c1-14-7-8-15(2)20(11-14)23-19-10-9-18(21)12-17(19)13-22-16(3)24-25(4,5)6/h7-13H,3H2,1-2,4-6H3/b22-13+. The number of halogens is 1. The van der Waals surface area contributed by atoms with Crippen LogP contribution in [0.15, 0.2) is 58.3 Å². The highest BCUT2D eigenvalue weighted by Crippen LogP contribution is 2.30. The molecule has 2 rings (SSSR count). The van der Waals surface area contributed by atoms with Crippen LogP contribution in [-0.2, 0) is 4.43 Å². The van der Waals surface area contributed by atoms with E-state index in [1.807, 2.05) is 38.1 Å². The van der Waals surface area contributed by atoms with Crippen molar-refractivity contribution in [3.63, 3.8) is 0 Å². The first kappa shape index (κ1) is 19.5. The number of aliphatic imine (C=N–C) groups is 1. The van der Waals surface area contributed by atoms with Gasteiger partial charge in [0.1, 0.15) is 11.5 Å². The van der Waals surface area contributed by atoms with Crippen molar-refractivity contribution >= 4 is 30.5 Å². The highest BCUT2D eigenvalue weighted by molar-refractivity contribution is 9.10. The van der Waals surface area contributed by atoms with Crippen LogP contribution in [0, 0.1) is 13.8 Å². The number of hydrogen-bond donors (Lipinski definition) is 0. The summed E-state index contributed by atoms with van der Waals surface area (Å²) in [6, 6.07) is 12.0. The van der Waals surface area contributed by atoms with Gasteiger partial charge in [-0.1, -0.05) is 28.1 Å². The lowest BCUT2D eigenvalue weighted by molar-refractivity contribution is 0.421. The zero-order valence-electron chi connectivity index (χ0n) is 15.4. The van der Waals surface area contributed by atoms with Crippen molar-refractivity contribution in [3.8, 4) is 11.5 Å². The van der Waals surface area contributed by atoms with Crippen LogP contribution in [0.5, 0.6) is 11.5 Å². The van der Waals surface area contributed by atoms with E-state index in [1.54, 1.807) is 6.21 Å². The summed E-state index contributed by atoms with van der Waals surface area (Å²) in [7, 11) is -1.71. The largest absolute Gasteiger partial charge is 0.532 e. The van der Waals surface area contributed by atoms with Gasteiger partial charge in [0, 0.05) is 16.3 Å². The molecule has 132 valence electrons. The maximum Gasteiger partial charge on any atom is 0.244 e. The molecule has 0 heterocycles. The highest BCUT2D eigenvalue weighted by Gasteiger charge is 2.16. The number of ether oxygens (including phenoxy) is 1. The first-order valence-electron chi connectivity index (χ1n) is 8.11. The van der Waals surface area contributed by atoms with Crippen LogP contribution >= 0.6 is 15.9 Å². The molecule has 0 saturated heterocycles. The van der Waals surface area contributed by atoms with Crippen molar-refractivity contribution < 1.29 is 9.16 Å². The molecule has 0 amide bonds. The molecular weight excluding hydrogens is 394 g/mol. The molecule has 0 aliphatic heterocycles. The number of benzene rings is 2. The quantitative estimate of drug-likeness (QED) is 0.301. The monoisotopic (exact) mass is 417 g/mol. The summed E-state index contributed by atoms with van der Waals surface area (Å²) in [6.07, 6.45) is 1.73. The molecule has 0 saturated carbocycles. The lowest BCUT2D eigenvalue weighted by atomic mass is 10.1. The molecule has 0 aliphatic rings. The van der Waals surface area contributed by atoms with Gasteiger partial charge in [-0.3, -0.25) is 0 Å². The van der Waals surface area contributed by atoms with Crippen LogP contribution in [0.4, 0.5) is 0 Å². The molecule has 0 spiro atoms. The van der Waals surface area contributed by atoms with Gasteiger partial charge in [0.15, 0.2) is 5.88 Å². The Morgan fingerprint density at radius 1 is 1.08 bits per heavy atom. The van der Waals surface area contributed by atoms with Crippen LogP contribution in [0.3, 0.4) is 0 Å². The first-order valence-corrected chi connectivity index (χ1v) is 12.3. The summed E-state index contributed by atoms with van der Waals surface area (Å²) in [5.74, 6) is 2.01. The normalized spacial score (nSPS) is 11.6. The molecule has 0 fully saturated rings. The number of hydrogen-bond acceptors (Lipinski definition) is 3. The Labute approximate surface area is 159 Å². The molecule has 25 heavy (non-hydrogen) atoms. The van der Waals surface area contributed by atoms with E-state index in [1.165, 1.54) is 0 Å². The third-order valence-corrected chi connectivity index (χ3v) is 4.65. The molecule has 0 radical (unpaired) electrons. The second-order valence-corrected chi connectivity index (χ2v) is 12.3. The van der Waals surface area contributed by atoms with Gasteiger partial charge in [0.05, 0.1) is 0 Å². The molecule has 5 heteroatoms. The fraction of sp³-hybridized carbons (Fsp3) is 0.250. The highest BCUT2D eigenvalue weighted by atomic mass is 79.9. The van der Waals surface area contributed by atoms with Gasteiger partial charge in [-0.2, -0.15) is 0 Å². The average Bonchev–Trinajstić information content (AvgIpc) is 2.49. The summed E-state index contributed by atoms with van der Waals surface area (Å²) in [5, 5.41) is 0. The van der Waals surface area contributed by atoms with E-state index in [9.17, 15) is 0 Å².